The summed E-state index contributed by atoms with van der Waals surface area (Å²) in [6, 6.07) is -0.310. The minimum atomic E-state index is -0.567. The van der Waals surface area contributed by atoms with Gasteiger partial charge >= 0.3 is 0 Å². The van der Waals surface area contributed by atoms with Gasteiger partial charge in [0.15, 0.2) is 0 Å². The molecule has 2 unspecified atom stereocenters. The predicted octanol–water partition coefficient (Wildman–Crippen LogP) is 1.69. The van der Waals surface area contributed by atoms with Crippen molar-refractivity contribution < 1.29 is 9.59 Å². The fourth-order valence-electron chi connectivity index (χ4n) is 3.67. The summed E-state index contributed by atoms with van der Waals surface area (Å²) in [4.78, 5) is 26.8. The molecule has 106 valence electrons. The van der Waals surface area contributed by atoms with Crippen LogP contribution in [0.25, 0.3) is 0 Å². The molecule has 0 aromatic rings. The number of nitrogens with zero attached hydrogens (tertiary/aromatic N) is 1. The van der Waals surface area contributed by atoms with Crippen LogP contribution in [0, 0.1) is 11.3 Å². The van der Waals surface area contributed by atoms with E-state index in [2.05, 4.69) is 19.2 Å². The molecule has 3 rings (SSSR count). The highest BCUT2D eigenvalue weighted by Crippen LogP contribution is 2.52. The van der Waals surface area contributed by atoms with Crippen LogP contribution >= 0.6 is 0 Å². The van der Waals surface area contributed by atoms with Gasteiger partial charge in [-0.15, -0.1) is 0 Å². The second-order valence-corrected chi connectivity index (χ2v) is 7.30. The quantitative estimate of drug-likeness (QED) is 0.825. The monoisotopic (exact) mass is 264 g/mol. The zero-order valence-electron chi connectivity index (χ0n) is 12.2. The van der Waals surface area contributed by atoms with Crippen molar-refractivity contribution in [3.8, 4) is 0 Å². The summed E-state index contributed by atoms with van der Waals surface area (Å²) in [6.07, 6.45) is 4.88. The zero-order valence-corrected chi connectivity index (χ0v) is 12.2. The van der Waals surface area contributed by atoms with Crippen LogP contribution < -0.4 is 5.32 Å². The maximum absolute atomic E-state index is 12.8. The summed E-state index contributed by atoms with van der Waals surface area (Å²) in [7, 11) is 0. The molecule has 0 bridgehead atoms. The largest absolute Gasteiger partial charge is 0.340 e. The third kappa shape index (κ3) is 1.96. The molecule has 3 aliphatic rings. The van der Waals surface area contributed by atoms with Crippen LogP contribution in [0.4, 0.5) is 0 Å². The van der Waals surface area contributed by atoms with E-state index in [1.54, 1.807) is 0 Å². The summed E-state index contributed by atoms with van der Waals surface area (Å²) in [5.41, 5.74) is -0.223. The SMILES string of the molecule is CC1C(=O)NC2(CCCC2)C(=O)N1CC1CC1(C)C. The zero-order chi connectivity index (χ0) is 13.8. The Morgan fingerprint density at radius 2 is 1.84 bits per heavy atom. The lowest BCUT2D eigenvalue weighted by Gasteiger charge is -2.43. The van der Waals surface area contributed by atoms with Gasteiger partial charge in [0.2, 0.25) is 11.8 Å². The van der Waals surface area contributed by atoms with Crippen molar-refractivity contribution in [2.24, 2.45) is 11.3 Å². The first-order chi connectivity index (χ1) is 8.86. The van der Waals surface area contributed by atoms with Crippen LogP contribution in [0.5, 0.6) is 0 Å². The van der Waals surface area contributed by atoms with E-state index in [4.69, 9.17) is 0 Å². The van der Waals surface area contributed by atoms with Crippen molar-refractivity contribution >= 4 is 11.8 Å². The fraction of sp³-hybridized carbons (Fsp3) is 0.867. The van der Waals surface area contributed by atoms with Crippen molar-refractivity contribution in [2.45, 2.75) is 64.5 Å². The van der Waals surface area contributed by atoms with Gasteiger partial charge in [0, 0.05) is 6.54 Å². The third-order valence-corrected chi connectivity index (χ3v) is 5.47. The molecule has 1 spiro atoms. The molecule has 2 aliphatic carbocycles. The molecule has 1 N–H and O–H groups in total. The first kappa shape index (κ1) is 12.9. The van der Waals surface area contributed by atoms with Crippen LogP contribution in [-0.4, -0.2) is 34.8 Å². The van der Waals surface area contributed by atoms with Gasteiger partial charge in [0.05, 0.1) is 0 Å². The van der Waals surface area contributed by atoms with Crippen molar-refractivity contribution in [1.29, 1.82) is 0 Å². The van der Waals surface area contributed by atoms with Crippen LogP contribution in [0.1, 0.15) is 52.9 Å². The number of nitrogens with one attached hydrogen (secondary N) is 1. The Morgan fingerprint density at radius 3 is 2.37 bits per heavy atom. The van der Waals surface area contributed by atoms with Crippen LogP contribution in [0.2, 0.25) is 0 Å². The van der Waals surface area contributed by atoms with Crippen LogP contribution in [0.3, 0.4) is 0 Å². The van der Waals surface area contributed by atoms with Crippen LogP contribution in [-0.2, 0) is 9.59 Å². The topological polar surface area (TPSA) is 49.4 Å². The van der Waals surface area contributed by atoms with E-state index in [-0.39, 0.29) is 17.9 Å². The highest BCUT2D eigenvalue weighted by molar-refractivity contribution is 5.99. The van der Waals surface area contributed by atoms with E-state index >= 15 is 0 Å². The van der Waals surface area contributed by atoms with Crippen molar-refractivity contribution in [2.75, 3.05) is 6.54 Å². The molecule has 0 radical (unpaired) electrons. The minimum Gasteiger partial charge on any atom is -0.340 e. The molecular formula is C15H24N2O2. The molecule has 4 heteroatoms. The summed E-state index contributed by atoms with van der Waals surface area (Å²) in [5, 5.41) is 3.01. The molecular weight excluding hydrogens is 240 g/mol. The summed E-state index contributed by atoms with van der Waals surface area (Å²) in [6.45, 7) is 7.08. The van der Waals surface area contributed by atoms with E-state index in [9.17, 15) is 9.59 Å². The highest BCUT2D eigenvalue weighted by Gasteiger charge is 2.54. The first-order valence-corrected chi connectivity index (χ1v) is 7.49. The van der Waals surface area contributed by atoms with Gasteiger partial charge in [-0.05, 0) is 37.5 Å². The Hall–Kier alpha value is -1.06. The predicted molar refractivity (Wildman–Crippen MR) is 72.4 cm³/mol. The Labute approximate surface area is 114 Å². The summed E-state index contributed by atoms with van der Waals surface area (Å²) in [5.74, 6) is 0.753. The Morgan fingerprint density at radius 1 is 1.26 bits per heavy atom. The Balaban J connectivity index is 1.80. The smallest absolute Gasteiger partial charge is 0.249 e. The number of carbonyl (C=O) groups excluding carboxylic acids is 2. The maximum atomic E-state index is 12.8. The lowest BCUT2D eigenvalue weighted by molar-refractivity contribution is -0.154. The molecule has 0 aromatic heterocycles. The molecule has 1 saturated heterocycles. The summed E-state index contributed by atoms with van der Waals surface area (Å²) < 4.78 is 0. The van der Waals surface area contributed by atoms with E-state index in [1.165, 1.54) is 0 Å². The van der Waals surface area contributed by atoms with Gasteiger partial charge in [0.25, 0.3) is 0 Å². The number of amides is 2. The van der Waals surface area contributed by atoms with Gasteiger partial charge in [-0.1, -0.05) is 26.7 Å². The highest BCUT2D eigenvalue weighted by atomic mass is 16.2. The van der Waals surface area contributed by atoms with Crippen molar-refractivity contribution in [1.82, 2.24) is 10.2 Å². The van der Waals surface area contributed by atoms with Gasteiger partial charge in [-0.25, -0.2) is 0 Å². The van der Waals surface area contributed by atoms with E-state index in [1.807, 2.05) is 11.8 Å². The molecule has 1 aliphatic heterocycles. The normalized spacial score (nSPS) is 35.6. The number of carbonyl (C=O) groups is 2. The number of piperazine rings is 1. The first-order valence-electron chi connectivity index (χ1n) is 7.49. The average Bonchev–Trinajstić information content (AvgIpc) is 2.76. The maximum Gasteiger partial charge on any atom is 0.249 e. The molecule has 19 heavy (non-hydrogen) atoms. The second kappa shape index (κ2) is 3.97. The van der Waals surface area contributed by atoms with Gasteiger partial charge < -0.3 is 10.2 Å². The van der Waals surface area contributed by atoms with E-state index in [0.29, 0.717) is 11.3 Å². The van der Waals surface area contributed by atoms with Gasteiger partial charge in [-0.3, -0.25) is 9.59 Å². The number of rotatable bonds is 2. The van der Waals surface area contributed by atoms with E-state index < -0.39 is 5.54 Å². The summed E-state index contributed by atoms with van der Waals surface area (Å²) >= 11 is 0. The Kier molecular flexibility index (Phi) is 2.70. The molecule has 3 fully saturated rings. The molecule has 4 nitrogen and oxygen atoms in total. The number of hydrogen-bond donors (Lipinski definition) is 1. The minimum absolute atomic E-state index is 0.0277. The van der Waals surface area contributed by atoms with Crippen LogP contribution in [0.15, 0.2) is 0 Å². The molecule has 0 aromatic carbocycles. The van der Waals surface area contributed by atoms with Gasteiger partial charge in [-0.2, -0.15) is 0 Å². The van der Waals surface area contributed by atoms with Crippen molar-refractivity contribution in [3.05, 3.63) is 0 Å². The molecule has 2 saturated carbocycles. The lowest BCUT2D eigenvalue weighted by Crippen LogP contribution is -2.69. The van der Waals surface area contributed by atoms with Gasteiger partial charge in [0.1, 0.15) is 11.6 Å². The number of hydrogen-bond acceptors (Lipinski definition) is 2. The lowest BCUT2D eigenvalue weighted by atomic mass is 9.90. The Bertz CT molecular complexity index is 424. The fourth-order valence-corrected chi connectivity index (χ4v) is 3.67. The van der Waals surface area contributed by atoms with E-state index in [0.717, 1.165) is 38.6 Å². The molecule has 2 amide bonds. The molecule has 1 heterocycles. The molecule has 2 atom stereocenters. The standard InChI is InChI=1S/C15H24N2O2/c1-10-12(18)16-15(6-4-5-7-15)13(19)17(10)9-11-8-14(11,2)3/h10-11H,4-9H2,1-3H3,(H,16,18). The van der Waals surface area contributed by atoms with Crippen molar-refractivity contribution in [3.63, 3.8) is 0 Å². The average molecular weight is 264 g/mol. The second-order valence-electron chi connectivity index (χ2n) is 7.30. The third-order valence-electron chi connectivity index (χ3n) is 5.47.